The number of fused-ring (bicyclic) bond motifs is 2. The molecule has 6 heteroatoms. The van der Waals surface area contributed by atoms with Gasteiger partial charge in [0.15, 0.2) is 11.5 Å². The number of halogens is 1. The summed E-state index contributed by atoms with van der Waals surface area (Å²) < 4.78 is 11.0. The third-order valence-corrected chi connectivity index (χ3v) is 3.80. The van der Waals surface area contributed by atoms with Gasteiger partial charge >= 0.3 is 0 Å². The van der Waals surface area contributed by atoms with Gasteiger partial charge in [0.05, 0.1) is 0 Å². The summed E-state index contributed by atoms with van der Waals surface area (Å²) in [5.74, 6) is 1.53. The third-order valence-electron chi connectivity index (χ3n) is 3.80. The molecule has 2 heterocycles. The van der Waals surface area contributed by atoms with Crippen molar-refractivity contribution in [3.05, 3.63) is 53.1 Å². The largest absolute Gasteiger partial charge is 0.454 e. The van der Waals surface area contributed by atoms with Crippen LogP contribution in [0.3, 0.4) is 0 Å². The van der Waals surface area contributed by atoms with E-state index in [1.54, 1.807) is 0 Å². The Kier molecular flexibility index (Phi) is 3.96. The monoisotopic (exact) mass is 329 g/mol. The van der Waals surface area contributed by atoms with Crippen LogP contribution < -0.4 is 15.2 Å². The van der Waals surface area contributed by atoms with Crippen molar-refractivity contribution >= 4 is 29.5 Å². The summed E-state index contributed by atoms with van der Waals surface area (Å²) in [4.78, 5) is 0. The number of benzene rings is 2. The fourth-order valence-corrected chi connectivity index (χ4v) is 2.71. The normalized spacial score (nSPS) is 15.0. The number of nitrogens with two attached hydrogens (primary N) is 1. The molecule has 2 aliphatic heterocycles. The summed E-state index contributed by atoms with van der Waals surface area (Å²) in [5, 5.41) is 8.75. The van der Waals surface area contributed by atoms with Crippen LogP contribution in [0.4, 0.5) is 5.69 Å². The van der Waals surface area contributed by atoms with Gasteiger partial charge in [-0.3, -0.25) is 0 Å². The molecule has 0 bridgehead atoms. The summed E-state index contributed by atoms with van der Waals surface area (Å²) in [6.07, 6.45) is 0.744. The van der Waals surface area contributed by atoms with Crippen molar-refractivity contribution in [3.63, 3.8) is 0 Å². The number of hydrogen-bond donors (Lipinski definition) is 1. The van der Waals surface area contributed by atoms with Crippen molar-refractivity contribution in [2.75, 3.05) is 12.5 Å². The molecule has 0 unspecified atom stereocenters. The molecule has 0 aliphatic carbocycles. The standard InChI is InChI=1S/C17H15N3O2.ClH/c1-10-6-12-7-15-16(22-9-21-15)8-14(12)17(20-19-10)11-2-4-13(18)5-3-11;/h2-5,7-8H,6,9,18H2,1H3;1H. The van der Waals surface area contributed by atoms with Gasteiger partial charge in [0.1, 0.15) is 5.71 Å². The maximum atomic E-state index is 5.77. The Morgan fingerprint density at radius 2 is 1.70 bits per heavy atom. The average molecular weight is 330 g/mol. The van der Waals surface area contributed by atoms with E-state index in [-0.39, 0.29) is 19.2 Å². The molecule has 23 heavy (non-hydrogen) atoms. The fourth-order valence-electron chi connectivity index (χ4n) is 2.71. The maximum absolute atomic E-state index is 5.77. The zero-order valence-corrected chi connectivity index (χ0v) is 13.4. The minimum absolute atomic E-state index is 0. The molecule has 0 aromatic heterocycles. The van der Waals surface area contributed by atoms with Crippen LogP contribution in [-0.4, -0.2) is 18.2 Å². The Hall–Kier alpha value is -2.53. The predicted octanol–water partition coefficient (Wildman–Crippen LogP) is 3.19. The number of hydrogen-bond acceptors (Lipinski definition) is 5. The molecule has 2 N–H and O–H groups in total. The Morgan fingerprint density at radius 3 is 2.43 bits per heavy atom. The highest BCUT2D eigenvalue weighted by Gasteiger charge is 2.22. The van der Waals surface area contributed by atoms with E-state index in [1.165, 1.54) is 0 Å². The van der Waals surface area contributed by atoms with Gasteiger partial charge in [0.25, 0.3) is 0 Å². The number of nitrogens with zero attached hydrogens (tertiary/aromatic N) is 2. The summed E-state index contributed by atoms with van der Waals surface area (Å²) in [5.41, 5.74) is 11.4. The van der Waals surface area contributed by atoms with Crippen molar-refractivity contribution in [1.29, 1.82) is 0 Å². The lowest BCUT2D eigenvalue weighted by Gasteiger charge is -2.11. The van der Waals surface area contributed by atoms with Gasteiger partial charge in [-0.15, -0.1) is 17.5 Å². The van der Waals surface area contributed by atoms with E-state index in [0.717, 1.165) is 51.7 Å². The second-order valence-electron chi connectivity index (χ2n) is 5.45. The van der Waals surface area contributed by atoms with Crippen molar-refractivity contribution in [2.45, 2.75) is 13.3 Å². The predicted molar refractivity (Wildman–Crippen MR) is 93.1 cm³/mol. The van der Waals surface area contributed by atoms with Gasteiger partial charge in [0.2, 0.25) is 6.79 Å². The van der Waals surface area contributed by atoms with Gasteiger partial charge in [0, 0.05) is 28.9 Å². The molecular weight excluding hydrogens is 314 g/mol. The molecule has 0 radical (unpaired) electrons. The first kappa shape index (κ1) is 15.4. The number of rotatable bonds is 1. The maximum Gasteiger partial charge on any atom is 0.231 e. The van der Waals surface area contributed by atoms with Gasteiger partial charge < -0.3 is 15.2 Å². The van der Waals surface area contributed by atoms with Gasteiger partial charge in [-0.1, -0.05) is 12.1 Å². The van der Waals surface area contributed by atoms with Crippen molar-refractivity contribution in [3.8, 4) is 11.5 Å². The first-order valence-electron chi connectivity index (χ1n) is 7.10. The number of anilines is 1. The lowest BCUT2D eigenvalue weighted by atomic mass is 9.94. The van der Waals surface area contributed by atoms with Crippen LogP contribution in [0.1, 0.15) is 23.6 Å². The second-order valence-corrected chi connectivity index (χ2v) is 5.45. The molecule has 0 fully saturated rings. The van der Waals surface area contributed by atoms with Crippen molar-refractivity contribution < 1.29 is 9.47 Å². The second kappa shape index (κ2) is 5.93. The molecule has 5 nitrogen and oxygen atoms in total. The van der Waals surface area contributed by atoms with Gasteiger partial charge in [-0.05, 0) is 36.8 Å². The van der Waals surface area contributed by atoms with Crippen LogP contribution >= 0.6 is 12.4 Å². The third kappa shape index (κ3) is 2.75. The molecule has 0 amide bonds. The minimum atomic E-state index is 0. The van der Waals surface area contributed by atoms with Crippen molar-refractivity contribution in [2.24, 2.45) is 10.2 Å². The van der Waals surface area contributed by atoms with E-state index < -0.39 is 0 Å². The number of nitrogen functional groups attached to an aromatic ring is 1. The Bertz CT molecular complexity index is 813. The Morgan fingerprint density at radius 1 is 1.00 bits per heavy atom. The molecule has 2 aromatic rings. The van der Waals surface area contributed by atoms with E-state index in [0.29, 0.717) is 0 Å². The van der Waals surface area contributed by atoms with Crippen molar-refractivity contribution in [1.82, 2.24) is 0 Å². The summed E-state index contributed by atoms with van der Waals surface area (Å²) in [7, 11) is 0. The van der Waals surface area contributed by atoms with Crippen LogP contribution in [0, 0.1) is 0 Å². The van der Waals surface area contributed by atoms with Crippen LogP contribution in [-0.2, 0) is 6.42 Å². The lowest BCUT2D eigenvalue weighted by molar-refractivity contribution is 0.174. The number of ether oxygens (including phenoxy) is 2. The Labute approximate surface area is 140 Å². The van der Waals surface area contributed by atoms with E-state index >= 15 is 0 Å². The van der Waals surface area contributed by atoms with Gasteiger partial charge in [-0.2, -0.15) is 5.10 Å². The highest BCUT2D eigenvalue weighted by atomic mass is 35.5. The van der Waals surface area contributed by atoms with Gasteiger partial charge in [-0.25, -0.2) is 0 Å². The van der Waals surface area contributed by atoms with Crippen LogP contribution in [0.2, 0.25) is 0 Å². The zero-order valence-electron chi connectivity index (χ0n) is 12.6. The van der Waals surface area contributed by atoms with E-state index in [1.807, 2.05) is 43.3 Å². The van der Waals surface area contributed by atoms with E-state index in [2.05, 4.69) is 10.2 Å². The lowest BCUT2D eigenvalue weighted by Crippen LogP contribution is -2.07. The van der Waals surface area contributed by atoms with E-state index in [4.69, 9.17) is 15.2 Å². The highest BCUT2D eigenvalue weighted by molar-refractivity contribution is 6.15. The summed E-state index contributed by atoms with van der Waals surface area (Å²) in [6, 6.07) is 11.7. The van der Waals surface area contributed by atoms with Crippen LogP contribution in [0.25, 0.3) is 0 Å². The quantitative estimate of drug-likeness (QED) is 0.817. The Balaban J connectivity index is 0.00000156. The minimum Gasteiger partial charge on any atom is -0.454 e. The fraction of sp³-hybridized carbons (Fsp3) is 0.176. The zero-order chi connectivity index (χ0) is 15.1. The molecular formula is C17H16ClN3O2. The topological polar surface area (TPSA) is 69.2 Å². The summed E-state index contributed by atoms with van der Waals surface area (Å²) in [6.45, 7) is 2.24. The molecule has 2 aromatic carbocycles. The molecule has 118 valence electrons. The highest BCUT2D eigenvalue weighted by Crippen LogP contribution is 2.36. The molecule has 0 atom stereocenters. The first-order chi connectivity index (χ1) is 10.7. The van der Waals surface area contributed by atoms with Crippen LogP contribution in [0.15, 0.2) is 46.6 Å². The van der Waals surface area contributed by atoms with Crippen LogP contribution in [0.5, 0.6) is 11.5 Å². The average Bonchev–Trinajstić information content (AvgIpc) is 2.89. The SMILES string of the molecule is CC1=NN=C(c2ccc(N)cc2)c2cc3c(cc2C1)OCO3.Cl. The smallest absolute Gasteiger partial charge is 0.231 e. The molecule has 0 saturated carbocycles. The first-order valence-corrected chi connectivity index (χ1v) is 7.10. The molecule has 4 rings (SSSR count). The molecule has 0 spiro atoms. The van der Waals surface area contributed by atoms with E-state index in [9.17, 15) is 0 Å². The summed E-state index contributed by atoms with van der Waals surface area (Å²) >= 11 is 0. The molecule has 2 aliphatic rings. The molecule has 0 saturated heterocycles.